The van der Waals surface area contributed by atoms with E-state index in [-0.39, 0.29) is 12.0 Å². The van der Waals surface area contributed by atoms with Crippen molar-refractivity contribution in [3.05, 3.63) is 65.7 Å². The summed E-state index contributed by atoms with van der Waals surface area (Å²) in [6, 6.07) is 5.33. The van der Waals surface area contributed by atoms with E-state index in [2.05, 4.69) is 31.9 Å². The number of nitrogens with one attached hydrogen (secondary N) is 6. The van der Waals surface area contributed by atoms with E-state index >= 15 is 0 Å². The molecule has 1 fully saturated rings. The molecule has 1 saturated heterocycles. The lowest BCUT2D eigenvalue weighted by Gasteiger charge is -2.34. The number of amides is 7. The third kappa shape index (κ3) is 14.8. The van der Waals surface area contributed by atoms with Crippen molar-refractivity contribution in [1.82, 2.24) is 36.8 Å². The van der Waals surface area contributed by atoms with E-state index < -0.39 is 127 Å². The average molecular weight is 896 g/mol. The predicted octanol–water partition coefficient (Wildman–Crippen LogP) is -0.431. The fraction of sp³-hybridized carbons (Fsp3) is 0.523. The van der Waals surface area contributed by atoms with Crippen molar-refractivity contribution in [2.24, 2.45) is 11.8 Å². The van der Waals surface area contributed by atoms with Gasteiger partial charge in [-0.15, -0.1) is 0 Å². The molecule has 2 aromatic rings. The van der Waals surface area contributed by atoms with Crippen LogP contribution >= 0.6 is 0 Å². The molecule has 0 aromatic heterocycles. The monoisotopic (exact) mass is 895 g/mol. The Bertz CT molecular complexity index is 1980. The third-order valence-corrected chi connectivity index (χ3v) is 10.6. The lowest BCUT2D eigenvalue weighted by molar-refractivity contribution is -0.160. The lowest BCUT2D eigenvalue weighted by atomic mass is 9.96. The van der Waals surface area contributed by atoms with Crippen LogP contribution < -0.4 is 36.6 Å². The molecule has 3 rings (SSSR count). The summed E-state index contributed by atoms with van der Waals surface area (Å²) in [5.41, 5.74) is 0.873. The van der Waals surface area contributed by atoms with E-state index in [1.165, 1.54) is 28.0 Å². The molecule has 1 aliphatic rings. The van der Waals surface area contributed by atoms with Crippen LogP contribution in [0.4, 0.5) is 0 Å². The summed E-state index contributed by atoms with van der Waals surface area (Å²) in [4.78, 5) is 124. The van der Waals surface area contributed by atoms with Crippen LogP contribution in [0.1, 0.15) is 72.1 Å². The van der Waals surface area contributed by atoms with E-state index in [0.717, 1.165) is 11.8 Å². The number of aliphatic hydroxyl groups excluding tert-OH is 1. The number of benzene rings is 2. The summed E-state index contributed by atoms with van der Waals surface area (Å²) in [6.07, 6.45) is -2.91. The van der Waals surface area contributed by atoms with Crippen molar-refractivity contribution in [3.63, 3.8) is 0 Å². The van der Waals surface area contributed by atoms with Crippen molar-refractivity contribution >= 4 is 53.3 Å². The third-order valence-electron chi connectivity index (χ3n) is 10.6. The van der Waals surface area contributed by atoms with E-state index in [1.54, 1.807) is 82.3 Å². The number of cyclic esters (lactones) is 1. The van der Waals surface area contributed by atoms with Crippen molar-refractivity contribution in [2.45, 2.75) is 110 Å². The van der Waals surface area contributed by atoms with Gasteiger partial charge >= 0.3 is 11.9 Å². The largest absolute Gasteiger partial charge is 0.497 e. The maximum absolute atomic E-state index is 14.8. The standard InChI is InChI=1S/C44H61N7O13/c1-10-24(4)34-40(57)50-37(29-16-18-30(62-9)19-17-29)43(60)51(8)32(20-28-14-12-11-13-15-28)39(56)48-35(25(5)52)41(58)46-31(22-63-33(54)21-45-27(7)53)44(61)64-26(6)36(42(59)47-34)49-38(55)23(2)3/h11-19,23-26,31-32,34-37,52H,10,20-22H2,1-9H3,(H,45,53)(H,46,58)(H,47,59)(H,48,56)(H,49,55)(H,50,57)/t24-,25+,26+,31-,32-,34+,35+,36-,37-/m0/s1. The van der Waals surface area contributed by atoms with Crippen LogP contribution in [0.15, 0.2) is 54.6 Å². The number of hydrogen-bond acceptors (Lipinski definition) is 13. The number of ether oxygens (including phenoxy) is 3. The van der Waals surface area contributed by atoms with Crippen LogP contribution in [0.25, 0.3) is 0 Å². The quantitative estimate of drug-likeness (QED) is 0.126. The normalized spacial score (nSPS) is 23.9. The smallest absolute Gasteiger partial charge is 0.332 e. The topological polar surface area (TPSA) is 277 Å². The van der Waals surface area contributed by atoms with Crippen LogP contribution in [-0.4, -0.2) is 133 Å². The first-order valence-electron chi connectivity index (χ1n) is 20.9. The minimum atomic E-state index is -1.85. The predicted molar refractivity (Wildman–Crippen MR) is 229 cm³/mol. The Labute approximate surface area is 372 Å². The lowest BCUT2D eigenvalue weighted by Crippen LogP contribution is -2.61. The zero-order valence-corrected chi connectivity index (χ0v) is 37.6. The number of methoxy groups -OCH3 is 1. The van der Waals surface area contributed by atoms with E-state index in [1.807, 2.05) is 0 Å². The van der Waals surface area contributed by atoms with Gasteiger partial charge in [0.2, 0.25) is 41.4 Å². The van der Waals surface area contributed by atoms with E-state index in [4.69, 9.17) is 14.2 Å². The molecule has 7 amide bonds. The summed E-state index contributed by atoms with van der Waals surface area (Å²) >= 11 is 0. The first-order chi connectivity index (χ1) is 30.2. The summed E-state index contributed by atoms with van der Waals surface area (Å²) in [7, 11) is 2.78. The van der Waals surface area contributed by atoms with Gasteiger partial charge in [-0.05, 0) is 43.0 Å². The molecule has 350 valence electrons. The Kier molecular flexibility index (Phi) is 19.7. The number of carbonyl (C=O) groups is 9. The second-order valence-corrected chi connectivity index (χ2v) is 15.9. The highest BCUT2D eigenvalue weighted by molar-refractivity contribution is 5.98. The van der Waals surface area contributed by atoms with Gasteiger partial charge in [-0.2, -0.15) is 0 Å². The molecule has 2 aromatic carbocycles. The highest BCUT2D eigenvalue weighted by Crippen LogP contribution is 2.23. The van der Waals surface area contributed by atoms with Gasteiger partial charge in [-0.1, -0.05) is 76.6 Å². The van der Waals surface area contributed by atoms with Crippen LogP contribution in [0.3, 0.4) is 0 Å². The fourth-order valence-corrected chi connectivity index (χ4v) is 6.42. The number of carbonyl (C=O) groups excluding carboxylic acids is 9. The van der Waals surface area contributed by atoms with Crippen LogP contribution in [-0.2, 0) is 59.0 Å². The van der Waals surface area contributed by atoms with Crippen LogP contribution in [0.2, 0.25) is 0 Å². The maximum atomic E-state index is 14.8. The molecule has 0 bridgehead atoms. The molecular formula is C44H61N7O13. The van der Waals surface area contributed by atoms with Gasteiger partial charge < -0.3 is 56.1 Å². The van der Waals surface area contributed by atoms with Gasteiger partial charge in [-0.25, -0.2) is 4.79 Å². The molecule has 64 heavy (non-hydrogen) atoms. The maximum Gasteiger partial charge on any atom is 0.332 e. The molecule has 0 unspecified atom stereocenters. The molecule has 0 aliphatic carbocycles. The molecule has 0 saturated carbocycles. The zero-order valence-electron chi connectivity index (χ0n) is 37.6. The Morgan fingerprint density at radius 1 is 0.844 bits per heavy atom. The van der Waals surface area contributed by atoms with Crippen molar-refractivity contribution < 1.29 is 62.5 Å². The second kappa shape index (κ2) is 24.3. The first kappa shape index (κ1) is 51.8. The minimum Gasteiger partial charge on any atom is -0.497 e. The number of aliphatic hydroxyl groups is 1. The van der Waals surface area contributed by atoms with Gasteiger partial charge in [-0.3, -0.25) is 38.4 Å². The van der Waals surface area contributed by atoms with Crippen LogP contribution in [0.5, 0.6) is 5.75 Å². The second-order valence-electron chi connectivity index (χ2n) is 15.9. The van der Waals surface area contributed by atoms with Crippen LogP contribution in [0, 0.1) is 11.8 Å². The summed E-state index contributed by atoms with van der Waals surface area (Å²) in [5.74, 6) is -8.89. The fourth-order valence-electron chi connectivity index (χ4n) is 6.42. The number of nitrogens with zero attached hydrogens (tertiary/aromatic N) is 1. The Morgan fingerprint density at radius 3 is 2.02 bits per heavy atom. The number of rotatable bonds is 13. The van der Waals surface area contributed by atoms with Gasteiger partial charge in [0, 0.05) is 26.3 Å². The number of esters is 2. The molecule has 1 aliphatic heterocycles. The van der Waals surface area contributed by atoms with Gasteiger partial charge in [0.05, 0.1) is 13.2 Å². The van der Waals surface area contributed by atoms with Gasteiger partial charge in [0.25, 0.3) is 0 Å². The van der Waals surface area contributed by atoms with Crippen molar-refractivity contribution in [1.29, 1.82) is 0 Å². The van der Waals surface area contributed by atoms with Crippen molar-refractivity contribution in [3.8, 4) is 5.75 Å². The minimum absolute atomic E-state index is 0.113. The van der Waals surface area contributed by atoms with Gasteiger partial charge in [0.1, 0.15) is 55.2 Å². The number of likely N-dealkylation sites (N-methyl/N-ethyl adjacent to an activating group) is 1. The van der Waals surface area contributed by atoms with Gasteiger partial charge in [0.15, 0.2) is 6.04 Å². The van der Waals surface area contributed by atoms with E-state index in [9.17, 15) is 48.3 Å². The SMILES string of the molecule is CC[C@H](C)[C@H]1NC(=O)[C@@H](NC(=O)C(C)C)[C@@H](C)OC(=O)[C@H](COC(=O)CNC(C)=O)NC(=O)[C@@H]([C@@H](C)O)NC(=O)[C@H](Cc2ccccc2)N(C)C(=O)[C@H](c2ccc(OC)cc2)NC1=O. The molecule has 7 N–H and O–H groups in total. The Hall–Kier alpha value is -6.57. The Morgan fingerprint density at radius 2 is 1.45 bits per heavy atom. The average Bonchev–Trinajstić information content (AvgIpc) is 3.26. The molecule has 20 nitrogen and oxygen atoms in total. The molecule has 0 radical (unpaired) electrons. The van der Waals surface area contributed by atoms with Crippen molar-refractivity contribution in [2.75, 3.05) is 27.3 Å². The van der Waals surface area contributed by atoms with E-state index in [0.29, 0.717) is 17.7 Å². The molecule has 0 spiro atoms. The molecule has 1 heterocycles. The molecule has 9 atom stereocenters. The zero-order chi connectivity index (χ0) is 47.8. The first-order valence-corrected chi connectivity index (χ1v) is 20.9. The highest BCUT2D eigenvalue weighted by atomic mass is 16.6. The Balaban J connectivity index is 2.27. The summed E-state index contributed by atoms with van der Waals surface area (Å²) in [5, 5.41) is 25.9. The highest BCUT2D eigenvalue weighted by Gasteiger charge is 2.41. The molecule has 20 heteroatoms. The summed E-state index contributed by atoms with van der Waals surface area (Å²) < 4.78 is 16.1. The summed E-state index contributed by atoms with van der Waals surface area (Å²) in [6.45, 7) is 8.69. The molecular weight excluding hydrogens is 835 g/mol. The number of hydrogen-bond donors (Lipinski definition) is 7.